The van der Waals surface area contributed by atoms with E-state index in [1.54, 1.807) is 23.1 Å². The Labute approximate surface area is 105 Å². The molecule has 0 unspecified atom stereocenters. The largest absolute Gasteiger partial charge is 0.390 e. The van der Waals surface area contributed by atoms with Crippen molar-refractivity contribution in [2.75, 3.05) is 18.0 Å². The van der Waals surface area contributed by atoms with Gasteiger partial charge in [-0.3, -0.25) is 0 Å². The number of carbonyl (C=O) groups excluding carboxylic acids is 2. The van der Waals surface area contributed by atoms with Crippen molar-refractivity contribution in [3.8, 4) is 0 Å². The van der Waals surface area contributed by atoms with Gasteiger partial charge in [0.2, 0.25) is 0 Å². The van der Waals surface area contributed by atoms with E-state index < -0.39 is 11.9 Å². The number of anilines is 1. The van der Waals surface area contributed by atoms with Gasteiger partial charge in [-0.25, -0.2) is 9.59 Å². The zero-order valence-electron chi connectivity index (χ0n) is 8.07. The van der Waals surface area contributed by atoms with Crippen LogP contribution in [0.5, 0.6) is 0 Å². The molecule has 0 amide bonds. The van der Waals surface area contributed by atoms with E-state index >= 15 is 0 Å². The standard InChI is InChI=1S/C10H7BrClNO3/c11-6-1-2-8(7(12)3-6)13-4-9(14)16-10(15)5-13/h1-3H,4-5H2. The van der Waals surface area contributed by atoms with Crippen LogP contribution in [0.15, 0.2) is 22.7 Å². The first-order valence-electron chi connectivity index (χ1n) is 4.50. The lowest BCUT2D eigenvalue weighted by molar-refractivity contribution is -0.160. The fourth-order valence-corrected chi connectivity index (χ4v) is 2.26. The molecule has 2 rings (SSSR count). The minimum atomic E-state index is -0.560. The first-order valence-corrected chi connectivity index (χ1v) is 5.67. The first-order chi connectivity index (χ1) is 7.56. The number of carbonyl (C=O) groups is 2. The summed E-state index contributed by atoms with van der Waals surface area (Å²) in [5.74, 6) is -1.12. The molecule has 0 bridgehead atoms. The molecule has 0 N–H and O–H groups in total. The van der Waals surface area contributed by atoms with Gasteiger partial charge in [-0.1, -0.05) is 27.5 Å². The quantitative estimate of drug-likeness (QED) is 0.588. The molecule has 0 aliphatic carbocycles. The van der Waals surface area contributed by atoms with Gasteiger partial charge < -0.3 is 9.64 Å². The van der Waals surface area contributed by atoms with Crippen molar-refractivity contribution in [3.63, 3.8) is 0 Å². The summed E-state index contributed by atoms with van der Waals surface area (Å²) in [6, 6.07) is 5.26. The van der Waals surface area contributed by atoms with Crippen LogP contribution in [0.25, 0.3) is 0 Å². The van der Waals surface area contributed by atoms with Crippen LogP contribution in [-0.2, 0) is 14.3 Å². The molecule has 0 saturated carbocycles. The SMILES string of the molecule is O=C1CN(c2ccc(Br)cc2Cl)CC(=O)O1. The molecule has 1 saturated heterocycles. The Morgan fingerprint density at radius 3 is 2.44 bits per heavy atom. The maximum atomic E-state index is 11.1. The molecule has 1 heterocycles. The second kappa shape index (κ2) is 4.43. The number of ether oxygens (including phenoxy) is 1. The van der Waals surface area contributed by atoms with Crippen LogP contribution in [0.3, 0.4) is 0 Å². The highest BCUT2D eigenvalue weighted by Gasteiger charge is 2.26. The molecule has 0 aromatic heterocycles. The zero-order valence-corrected chi connectivity index (χ0v) is 10.4. The summed E-state index contributed by atoms with van der Waals surface area (Å²) < 4.78 is 5.27. The Balaban J connectivity index is 2.29. The minimum absolute atomic E-state index is 0.0348. The first kappa shape index (κ1) is 11.4. The van der Waals surface area contributed by atoms with Gasteiger partial charge in [-0.05, 0) is 18.2 Å². The van der Waals surface area contributed by atoms with Gasteiger partial charge in [-0.15, -0.1) is 0 Å². The molecule has 0 spiro atoms. The van der Waals surface area contributed by atoms with Gasteiger partial charge in [0.25, 0.3) is 0 Å². The maximum Gasteiger partial charge on any atom is 0.333 e. The molecule has 84 valence electrons. The summed E-state index contributed by atoms with van der Waals surface area (Å²) in [6.07, 6.45) is 0. The summed E-state index contributed by atoms with van der Waals surface area (Å²) in [5.41, 5.74) is 0.648. The van der Waals surface area contributed by atoms with E-state index in [-0.39, 0.29) is 13.1 Å². The average Bonchev–Trinajstić information content (AvgIpc) is 2.15. The van der Waals surface area contributed by atoms with E-state index in [1.807, 2.05) is 0 Å². The molecule has 1 fully saturated rings. The van der Waals surface area contributed by atoms with Gasteiger partial charge in [0.1, 0.15) is 13.1 Å². The summed E-state index contributed by atoms with van der Waals surface area (Å²) in [6.45, 7) is 0.0696. The van der Waals surface area contributed by atoms with Crippen LogP contribution in [0.1, 0.15) is 0 Å². The molecule has 0 atom stereocenters. The Hall–Kier alpha value is -1.07. The highest BCUT2D eigenvalue weighted by Crippen LogP contribution is 2.29. The fourth-order valence-electron chi connectivity index (χ4n) is 1.47. The van der Waals surface area contributed by atoms with Crippen molar-refractivity contribution in [3.05, 3.63) is 27.7 Å². The number of hydrogen-bond donors (Lipinski definition) is 0. The van der Waals surface area contributed by atoms with Gasteiger partial charge in [0.05, 0.1) is 10.7 Å². The van der Waals surface area contributed by atoms with Crippen molar-refractivity contribution in [2.24, 2.45) is 0 Å². The number of rotatable bonds is 1. The smallest absolute Gasteiger partial charge is 0.333 e. The fraction of sp³-hybridized carbons (Fsp3) is 0.200. The Morgan fingerprint density at radius 2 is 1.88 bits per heavy atom. The monoisotopic (exact) mass is 303 g/mol. The predicted molar refractivity (Wildman–Crippen MR) is 62.5 cm³/mol. The lowest BCUT2D eigenvalue weighted by Crippen LogP contribution is -2.43. The number of benzene rings is 1. The number of halogens is 2. The number of hydrogen-bond acceptors (Lipinski definition) is 4. The van der Waals surface area contributed by atoms with Gasteiger partial charge >= 0.3 is 11.9 Å². The minimum Gasteiger partial charge on any atom is -0.390 e. The van der Waals surface area contributed by atoms with Gasteiger partial charge in [0, 0.05) is 4.47 Å². The summed E-state index contributed by atoms with van der Waals surface area (Å²) in [7, 11) is 0. The van der Waals surface area contributed by atoms with Crippen LogP contribution in [-0.4, -0.2) is 25.0 Å². The number of morpholine rings is 1. The summed E-state index contributed by atoms with van der Waals surface area (Å²) in [4.78, 5) is 23.8. The van der Waals surface area contributed by atoms with E-state index in [1.165, 1.54) is 0 Å². The molecule has 1 aliphatic heterocycles. The Morgan fingerprint density at radius 1 is 1.25 bits per heavy atom. The van der Waals surface area contributed by atoms with Crippen LogP contribution in [0, 0.1) is 0 Å². The highest BCUT2D eigenvalue weighted by atomic mass is 79.9. The molecule has 16 heavy (non-hydrogen) atoms. The molecule has 1 aromatic carbocycles. The summed E-state index contributed by atoms with van der Waals surface area (Å²) in [5, 5.41) is 0.483. The molecular formula is C10H7BrClNO3. The second-order valence-corrected chi connectivity index (χ2v) is 4.62. The van der Waals surface area contributed by atoms with Crippen molar-refractivity contribution < 1.29 is 14.3 Å². The Bertz CT molecular complexity index is 447. The zero-order chi connectivity index (χ0) is 11.7. The second-order valence-electron chi connectivity index (χ2n) is 3.30. The van der Waals surface area contributed by atoms with Crippen LogP contribution in [0.4, 0.5) is 5.69 Å². The molecule has 1 aliphatic rings. The molecule has 0 radical (unpaired) electrons. The number of esters is 2. The number of cyclic esters (lactones) is 2. The van der Waals surface area contributed by atoms with Gasteiger partial charge in [-0.2, -0.15) is 0 Å². The average molecular weight is 305 g/mol. The molecular weight excluding hydrogens is 297 g/mol. The number of nitrogens with zero attached hydrogens (tertiary/aromatic N) is 1. The van der Waals surface area contributed by atoms with Crippen LogP contribution in [0.2, 0.25) is 5.02 Å². The summed E-state index contributed by atoms with van der Waals surface area (Å²) >= 11 is 9.31. The van der Waals surface area contributed by atoms with E-state index in [0.717, 1.165) is 4.47 Å². The van der Waals surface area contributed by atoms with E-state index in [4.69, 9.17) is 11.6 Å². The molecule has 6 heteroatoms. The van der Waals surface area contributed by atoms with Crippen molar-refractivity contribution in [1.29, 1.82) is 0 Å². The van der Waals surface area contributed by atoms with E-state index in [2.05, 4.69) is 20.7 Å². The lowest BCUT2D eigenvalue weighted by atomic mass is 10.2. The normalized spacial score (nSPS) is 16.2. The lowest BCUT2D eigenvalue weighted by Gasteiger charge is -2.27. The Kier molecular flexibility index (Phi) is 3.16. The highest BCUT2D eigenvalue weighted by molar-refractivity contribution is 9.10. The third-order valence-corrected chi connectivity index (χ3v) is 2.91. The van der Waals surface area contributed by atoms with Crippen LogP contribution >= 0.6 is 27.5 Å². The third-order valence-electron chi connectivity index (χ3n) is 2.12. The molecule has 4 nitrogen and oxygen atoms in total. The maximum absolute atomic E-state index is 11.1. The van der Waals surface area contributed by atoms with E-state index in [9.17, 15) is 9.59 Å². The van der Waals surface area contributed by atoms with Crippen molar-refractivity contribution >= 4 is 45.2 Å². The van der Waals surface area contributed by atoms with Crippen molar-refractivity contribution in [2.45, 2.75) is 0 Å². The van der Waals surface area contributed by atoms with Crippen molar-refractivity contribution in [1.82, 2.24) is 0 Å². The van der Waals surface area contributed by atoms with E-state index in [0.29, 0.717) is 10.7 Å². The third kappa shape index (κ3) is 2.36. The predicted octanol–water partition coefficient (Wildman–Crippen LogP) is 1.99. The molecule has 1 aromatic rings. The van der Waals surface area contributed by atoms with Crippen LogP contribution < -0.4 is 4.90 Å². The van der Waals surface area contributed by atoms with Gasteiger partial charge in [0.15, 0.2) is 0 Å². The topological polar surface area (TPSA) is 46.6 Å².